The van der Waals surface area contributed by atoms with Crippen LogP contribution >= 0.6 is 0 Å². The molecule has 2 aliphatic rings. The maximum atomic E-state index is 5.66. The molecule has 12 heavy (non-hydrogen) atoms. The quantitative estimate of drug-likeness (QED) is 0.666. The fourth-order valence-corrected chi connectivity index (χ4v) is 1.90. The van der Waals surface area contributed by atoms with E-state index in [1.165, 1.54) is 5.56 Å². The first-order valence-electron chi connectivity index (χ1n) is 4.39. The van der Waals surface area contributed by atoms with Gasteiger partial charge in [0.2, 0.25) is 0 Å². The molecule has 2 fully saturated rings. The van der Waals surface area contributed by atoms with E-state index in [-0.39, 0.29) is 0 Å². The minimum absolute atomic E-state index is 0.310. The van der Waals surface area contributed by atoms with E-state index < -0.39 is 0 Å². The maximum absolute atomic E-state index is 5.66. The molecule has 1 aromatic rings. The summed E-state index contributed by atoms with van der Waals surface area (Å²) >= 11 is 0. The highest BCUT2D eigenvalue weighted by atomic mass is 16.5. The molecule has 62 valence electrons. The molecule has 0 spiro atoms. The molecule has 3 atom stereocenters. The predicted octanol–water partition coefficient (Wildman–Crippen LogP) is 1.10. The summed E-state index contributed by atoms with van der Waals surface area (Å²) in [5, 5.41) is 3.37. The molecule has 2 heteroatoms. The number of morpholine rings is 1. The first-order chi connectivity index (χ1) is 5.95. The second-order valence-electron chi connectivity index (χ2n) is 3.44. The normalized spacial score (nSPS) is 37.8. The zero-order valence-electron chi connectivity index (χ0n) is 6.73. The van der Waals surface area contributed by atoms with Gasteiger partial charge in [0.05, 0.1) is 12.1 Å². The lowest BCUT2D eigenvalue weighted by molar-refractivity contribution is -0.203. The van der Waals surface area contributed by atoms with Gasteiger partial charge in [-0.15, -0.1) is 0 Å². The summed E-state index contributed by atoms with van der Waals surface area (Å²) in [7, 11) is 0. The fraction of sp³-hybridized carbons (Fsp3) is 0.400. The summed E-state index contributed by atoms with van der Waals surface area (Å²) in [6, 6.07) is 11.0. The Kier molecular flexibility index (Phi) is 1.28. The van der Waals surface area contributed by atoms with Crippen LogP contribution in [-0.4, -0.2) is 18.7 Å². The van der Waals surface area contributed by atoms with Gasteiger partial charge >= 0.3 is 0 Å². The summed E-state index contributed by atoms with van der Waals surface area (Å²) in [5.74, 6) is 0. The van der Waals surface area contributed by atoms with Crippen molar-refractivity contribution in [3.05, 3.63) is 35.9 Å². The van der Waals surface area contributed by atoms with Crippen LogP contribution in [0.2, 0.25) is 0 Å². The van der Waals surface area contributed by atoms with Crippen LogP contribution < -0.4 is 5.32 Å². The summed E-state index contributed by atoms with van der Waals surface area (Å²) in [6.07, 6.45) is 0.806. The lowest BCUT2D eigenvalue weighted by Gasteiger charge is -2.53. The molecule has 2 nitrogen and oxygen atoms in total. The Morgan fingerprint density at radius 2 is 2.08 bits per heavy atom. The van der Waals surface area contributed by atoms with Gasteiger partial charge in [0, 0.05) is 6.54 Å². The Hall–Kier alpha value is -0.860. The lowest BCUT2D eigenvalue weighted by atomic mass is 9.86. The lowest BCUT2D eigenvalue weighted by Crippen LogP contribution is -2.69. The van der Waals surface area contributed by atoms with Crippen molar-refractivity contribution < 1.29 is 4.74 Å². The van der Waals surface area contributed by atoms with E-state index in [1.54, 1.807) is 0 Å². The third-order valence-corrected chi connectivity index (χ3v) is 2.73. The molecular formula is C10H11NO. The van der Waals surface area contributed by atoms with Crippen LogP contribution in [-0.2, 0) is 4.74 Å². The Labute approximate surface area is 71.5 Å². The van der Waals surface area contributed by atoms with Crippen LogP contribution in [0.25, 0.3) is 0 Å². The molecule has 1 unspecified atom stereocenters. The molecule has 0 bridgehead atoms. The second-order valence-corrected chi connectivity index (χ2v) is 3.44. The maximum Gasteiger partial charge on any atom is 0.101 e. The first kappa shape index (κ1) is 6.63. The molecule has 2 saturated heterocycles. The Bertz CT molecular complexity index is 285. The Morgan fingerprint density at radius 1 is 1.25 bits per heavy atom. The molecule has 0 saturated carbocycles. The molecular weight excluding hydrogens is 150 g/mol. The van der Waals surface area contributed by atoms with Crippen molar-refractivity contribution >= 4 is 0 Å². The number of fused-ring (bicyclic) bond motifs is 1. The van der Waals surface area contributed by atoms with Gasteiger partial charge in [-0.05, 0) is 5.56 Å². The highest BCUT2D eigenvalue weighted by Gasteiger charge is 2.49. The SMILES string of the molecule is c1ccc([C@@H]2OC3CN[C@H]32)cc1. The van der Waals surface area contributed by atoms with E-state index in [4.69, 9.17) is 4.74 Å². The minimum atomic E-state index is 0.310. The summed E-state index contributed by atoms with van der Waals surface area (Å²) in [4.78, 5) is 0. The molecule has 1 aromatic carbocycles. The van der Waals surface area contributed by atoms with Crippen LogP contribution in [0.15, 0.2) is 30.3 Å². The second kappa shape index (κ2) is 2.31. The topological polar surface area (TPSA) is 21.3 Å². The molecule has 1 N–H and O–H groups in total. The minimum Gasteiger partial charge on any atom is -0.365 e. The third kappa shape index (κ3) is 0.765. The van der Waals surface area contributed by atoms with E-state index in [0.717, 1.165) is 6.54 Å². The van der Waals surface area contributed by atoms with E-state index in [9.17, 15) is 0 Å². The number of hydrogen-bond acceptors (Lipinski definition) is 2. The molecule has 2 heterocycles. The van der Waals surface area contributed by atoms with Crippen LogP contribution in [0.3, 0.4) is 0 Å². The van der Waals surface area contributed by atoms with Crippen LogP contribution in [0.4, 0.5) is 0 Å². The van der Waals surface area contributed by atoms with Gasteiger partial charge in [0.1, 0.15) is 6.10 Å². The van der Waals surface area contributed by atoms with Crippen molar-refractivity contribution in [1.29, 1.82) is 0 Å². The summed E-state index contributed by atoms with van der Waals surface area (Å²) in [6.45, 7) is 1.04. The third-order valence-electron chi connectivity index (χ3n) is 2.73. The molecule has 3 rings (SSSR count). The van der Waals surface area contributed by atoms with E-state index in [2.05, 4.69) is 29.6 Å². The van der Waals surface area contributed by atoms with Gasteiger partial charge in [0.15, 0.2) is 0 Å². The van der Waals surface area contributed by atoms with Crippen molar-refractivity contribution in [2.24, 2.45) is 0 Å². The number of hydrogen-bond donors (Lipinski definition) is 1. The van der Waals surface area contributed by atoms with Gasteiger partial charge < -0.3 is 10.1 Å². The van der Waals surface area contributed by atoms with Crippen molar-refractivity contribution in [1.82, 2.24) is 5.32 Å². The number of ether oxygens (including phenoxy) is 1. The van der Waals surface area contributed by atoms with Crippen molar-refractivity contribution in [3.8, 4) is 0 Å². The summed E-state index contributed by atoms with van der Waals surface area (Å²) in [5.41, 5.74) is 1.30. The van der Waals surface area contributed by atoms with Gasteiger partial charge in [-0.1, -0.05) is 30.3 Å². The summed E-state index contributed by atoms with van der Waals surface area (Å²) < 4.78 is 5.66. The smallest absolute Gasteiger partial charge is 0.101 e. The first-order valence-corrected chi connectivity index (χ1v) is 4.39. The van der Waals surface area contributed by atoms with Crippen LogP contribution in [0.1, 0.15) is 11.7 Å². The van der Waals surface area contributed by atoms with Gasteiger partial charge in [-0.2, -0.15) is 0 Å². The van der Waals surface area contributed by atoms with Crippen LogP contribution in [0.5, 0.6) is 0 Å². The highest BCUT2D eigenvalue weighted by molar-refractivity contribution is 5.24. The van der Waals surface area contributed by atoms with E-state index >= 15 is 0 Å². The molecule has 0 radical (unpaired) electrons. The molecule has 0 aromatic heterocycles. The largest absolute Gasteiger partial charge is 0.365 e. The average molecular weight is 161 g/mol. The highest BCUT2D eigenvalue weighted by Crippen LogP contribution is 2.39. The van der Waals surface area contributed by atoms with Crippen molar-refractivity contribution in [3.63, 3.8) is 0 Å². The van der Waals surface area contributed by atoms with Gasteiger partial charge in [0.25, 0.3) is 0 Å². The zero-order chi connectivity index (χ0) is 7.97. The van der Waals surface area contributed by atoms with Gasteiger partial charge in [-0.25, -0.2) is 0 Å². The molecule has 2 aliphatic heterocycles. The van der Waals surface area contributed by atoms with E-state index in [1.807, 2.05) is 6.07 Å². The van der Waals surface area contributed by atoms with Gasteiger partial charge in [-0.3, -0.25) is 0 Å². The standard InChI is InChI=1S/C10H11NO/c1-2-4-7(5-3-1)10-9-8(12-10)6-11-9/h1-5,8-11H,6H2/t8?,9-,10+/m1/s1. The number of rotatable bonds is 1. The average Bonchev–Trinajstić information content (AvgIpc) is 2.11. The molecule has 0 aliphatic carbocycles. The van der Waals surface area contributed by atoms with E-state index in [0.29, 0.717) is 18.2 Å². The Morgan fingerprint density at radius 3 is 2.58 bits per heavy atom. The number of benzene rings is 1. The van der Waals surface area contributed by atoms with Crippen molar-refractivity contribution in [2.45, 2.75) is 18.2 Å². The predicted molar refractivity (Wildman–Crippen MR) is 45.8 cm³/mol. The number of nitrogens with one attached hydrogen (secondary N) is 1. The molecule has 0 amide bonds. The monoisotopic (exact) mass is 161 g/mol. The zero-order valence-corrected chi connectivity index (χ0v) is 6.73. The fourth-order valence-electron chi connectivity index (χ4n) is 1.90. The van der Waals surface area contributed by atoms with Crippen molar-refractivity contribution in [2.75, 3.05) is 6.54 Å². The van der Waals surface area contributed by atoms with Crippen LogP contribution in [0, 0.1) is 0 Å². The Balaban J connectivity index is 1.82.